The molecule has 0 amide bonds. The van der Waals surface area contributed by atoms with Crippen LogP contribution in [0.15, 0.2) is 42.5 Å². The van der Waals surface area contributed by atoms with Crippen LogP contribution in [0.5, 0.6) is 11.5 Å². The largest absolute Gasteiger partial charge is 0.496 e. The number of para-hydroxylation sites is 2. The molecule has 2 aromatic rings. The van der Waals surface area contributed by atoms with E-state index in [1.54, 1.807) is 7.11 Å². The molecule has 2 rings (SSSR count). The number of hydrogen-bond acceptors (Lipinski definition) is 2. The molecule has 0 saturated carbocycles. The Morgan fingerprint density at radius 3 is 2.61 bits per heavy atom. The maximum Gasteiger partial charge on any atom is 0.135 e. The van der Waals surface area contributed by atoms with Gasteiger partial charge in [0, 0.05) is 17.2 Å². The Balaban J connectivity index is 2.43. The maximum atomic E-state index is 5.73. The summed E-state index contributed by atoms with van der Waals surface area (Å²) in [5.41, 5.74) is 2.05. The lowest BCUT2D eigenvalue weighted by Gasteiger charge is -2.13. The van der Waals surface area contributed by atoms with Gasteiger partial charge in [-0.1, -0.05) is 43.3 Å². The van der Waals surface area contributed by atoms with Gasteiger partial charge in [0.15, 0.2) is 0 Å². The molecule has 1 radical (unpaired) electrons. The van der Waals surface area contributed by atoms with Crippen molar-refractivity contribution in [2.75, 3.05) is 13.7 Å². The number of hydrogen-bond donors (Lipinski definition) is 0. The first-order chi connectivity index (χ1) is 8.86. The summed E-state index contributed by atoms with van der Waals surface area (Å²) in [6.07, 6.45) is 0.980. The van der Waals surface area contributed by atoms with Crippen molar-refractivity contribution in [2.24, 2.45) is 0 Å². The molecule has 93 valence electrons. The van der Waals surface area contributed by atoms with Crippen molar-refractivity contribution in [3.63, 3.8) is 0 Å². The summed E-state index contributed by atoms with van der Waals surface area (Å²) in [7, 11) is 1.68. The van der Waals surface area contributed by atoms with Crippen LogP contribution in [-0.2, 0) is 0 Å². The van der Waals surface area contributed by atoms with Crippen molar-refractivity contribution in [3.05, 3.63) is 48.5 Å². The van der Waals surface area contributed by atoms with E-state index >= 15 is 0 Å². The lowest BCUT2D eigenvalue weighted by atomic mass is 10.0. The van der Waals surface area contributed by atoms with E-state index in [4.69, 9.17) is 9.47 Å². The minimum Gasteiger partial charge on any atom is -0.496 e. The molecule has 0 heterocycles. The van der Waals surface area contributed by atoms with Crippen LogP contribution in [0, 0.1) is 6.07 Å². The molecule has 2 heteroatoms. The van der Waals surface area contributed by atoms with Crippen LogP contribution in [0.3, 0.4) is 0 Å². The van der Waals surface area contributed by atoms with Crippen LogP contribution in [0.25, 0.3) is 11.1 Å². The van der Waals surface area contributed by atoms with Crippen LogP contribution in [0.2, 0.25) is 0 Å². The predicted octanol–water partition coefficient (Wildman–Crippen LogP) is 3.95. The van der Waals surface area contributed by atoms with Crippen LogP contribution in [0.1, 0.15) is 13.3 Å². The molecular weight excluding hydrogens is 224 g/mol. The van der Waals surface area contributed by atoms with Gasteiger partial charge in [-0.2, -0.15) is 0 Å². The summed E-state index contributed by atoms with van der Waals surface area (Å²) in [5, 5.41) is 0. The summed E-state index contributed by atoms with van der Waals surface area (Å²) in [5.74, 6) is 1.63. The van der Waals surface area contributed by atoms with Gasteiger partial charge >= 0.3 is 0 Å². The zero-order valence-corrected chi connectivity index (χ0v) is 10.8. The molecule has 0 aliphatic rings. The fourth-order valence-corrected chi connectivity index (χ4v) is 1.82. The number of benzene rings is 2. The Bertz CT molecular complexity index is 506. The quantitative estimate of drug-likeness (QED) is 0.789. The Morgan fingerprint density at radius 2 is 1.83 bits per heavy atom. The van der Waals surface area contributed by atoms with Gasteiger partial charge in [0.25, 0.3) is 0 Å². The zero-order chi connectivity index (χ0) is 12.8. The van der Waals surface area contributed by atoms with Crippen LogP contribution < -0.4 is 9.47 Å². The number of rotatable bonds is 5. The summed E-state index contributed by atoms with van der Waals surface area (Å²) in [6.45, 7) is 2.79. The minimum atomic E-state index is 0.697. The van der Waals surface area contributed by atoms with E-state index in [0.29, 0.717) is 6.61 Å². The van der Waals surface area contributed by atoms with Gasteiger partial charge in [-0.15, -0.1) is 0 Å². The van der Waals surface area contributed by atoms with E-state index in [0.717, 1.165) is 29.0 Å². The molecule has 0 atom stereocenters. The molecule has 0 aliphatic heterocycles. The molecule has 0 N–H and O–H groups in total. The number of methoxy groups -OCH3 is 1. The summed E-state index contributed by atoms with van der Waals surface area (Å²) >= 11 is 0. The highest BCUT2D eigenvalue weighted by Crippen LogP contribution is 2.35. The second-order valence-corrected chi connectivity index (χ2v) is 3.96. The monoisotopic (exact) mass is 241 g/mol. The summed E-state index contributed by atoms with van der Waals surface area (Å²) in [6, 6.07) is 16.9. The molecule has 0 saturated heterocycles. The normalized spacial score (nSPS) is 10.1. The molecule has 0 fully saturated rings. The Kier molecular flexibility index (Phi) is 4.24. The van der Waals surface area contributed by atoms with E-state index < -0.39 is 0 Å². The maximum absolute atomic E-state index is 5.73. The Hall–Kier alpha value is -1.96. The lowest BCUT2D eigenvalue weighted by molar-refractivity contribution is 0.318. The Labute approximate surface area is 108 Å². The fraction of sp³-hybridized carbons (Fsp3) is 0.250. The van der Waals surface area contributed by atoms with Crippen molar-refractivity contribution in [2.45, 2.75) is 13.3 Å². The highest BCUT2D eigenvalue weighted by Gasteiger charge is 2.10. The molecule has 0 unspecified atom stereocenters. The third-order valence-corrected chi connectivity index (χ3v) is 2.67. The van der Waals surface area contributed by atoms with Gasteiger partial charge < -0.3 is 9.47 Å². The van der Waals surface area contributed by atoms with E-state index in [1.165, 1.54) is 0 Å². The van der Waals surface area contributed by atoms with E-state index in [2.05, 4.69) is 13.0 Å². The average molecular weight is 241 g/mol. The molecule has 0 aromatic heterocycles. The molecular formula is C16H17O2. The molecule has 2 aromatic carbocycles. The topological polar surface area (TPSA) is 18.5 Å². The van der Waals surface area contributed by atoms with E-state index in [1.807, 2.05) is 42.5 Å². The van der Waals surface area contributed by atoms with Crippen LogP contribution in [-0.4, -0.2) is 13.7 Å². The fourth-order valence-electron chi connectivity index (χ4n) is 1.82. The second kappa shape index (κ2) is 6.10. The van der Waals surface area contributed by atoms with Gasteiger partial charge in [-0.3, -0.25) is 0 Å². The Morgan fingerprint density at radius 1 is 1.06 bits per heavy atom. The van der Waals surface area contributed by atoms with E-state index in [9.17, 15) is 0 Å². The van der Waals surface area contributed by atoms with Crippen molar-refractivity contribution in [1.29, 1.82) is 0 Å². The van der Waals surface area contributed by atoms with Crippen molar-refractivity contribution < 1.29 is 9.47 Å². The summed E-state index contributed by atoms with van der Waals surface area (Å²) in [4.78, 5) is 0. The van der Waals surface area contributed by atoms with Crippen molar-refractivity contribution in [1.82, 2.24) is 0 Å². The highest BCUT2D eigenvalue weighted by molar-refractivity contribution is 5.75. The first-order valence-corrected chi connectivity index (χ1v) is 6.13. The first kappa shape index (κ1) is 12.5. The van der Waals surface area contributed by atoms with Gasteiger partial charge in [-0.05, 0) is 12.5 Å². The van der Waals surface area contributed by atoms with Gasteiger partial charge in [0.2, 0.25) is 0 Å². The van der Waals surface area contributed by atoms with Crippen molar-refractivity contribution >= 4 is 0 Å². The van der Waals surface area contributed by atoms with Gasteiger partial charge in [-0.25, -0.2) is 0 Å². The second-order valence-electron chi connectivity index (χ2n) is 3.96. The lowest BCUT2D eigenvalue weighted by Crippen LogP contribution is -1.97. The molecule has 18 heavy (non-hydrogen) atoms. The van der Waals surface area contributed by atoms with Gasteiger partial charge in [0.1, 0.15) is 11.5 Å². The smallest absolute Gasteiger partial charge is 0.135 e. The zero-order valence-electron chi connectivity index (χ0n) is 10.8. The third kappa shape index (κ3) is 2.65. The number of ether oxygens (including phenoxy) is 2. The predicted molar refractivity (Wildman–Crippen MR) is 73.1 cm³/mol. The third-order valence-electron chi connectivity index (χ3n) is 2.67. The van der Waals surface area contributed by atoms with Crippen molar-refractivity contribution in [3.8, 4) is 22.6 Å². The molecule has 0 aliphatic carbocycles. The standard InChI is InChI=1S/C16H17O2/c1-3-12-18-16-11-7-5-9-14(16)13-8-4-6-10-15(13)17-2/h4-10H,3,12H2,1-2H3. The van der Waals surface area contributed by atoms with Crippen LogP contribution >= 0.6 is 0 Å². The average Bonchev–Trinajstić information content (AvgIpc) is 2.45. The highest BCUT2D eigenvalue weighted by atomic mass is 16.5. The molecule has 0 spiro atoms. The summed E-state index contributed by atoms with van der Waals surface area (Å²) < 4.78 is 11.1. The van der Waals surface area contributed by atoms with E-state index in [-0.39, 0.29) is 0 Å². The molecule has 0 bridgehead atoms. The van der Waals surface area contributed by atoms with Crippen LogP contribution in [0.4, 0.5) is 0 Å². The van der Waals surface area contributed by atoms with Gasteiger partial charge in [0.05, 0.1) is 13.7 Å². The first-order valence-electron chi connectivity index (χ1n) is 6.13. The minimum absolute atomic E-state index is 0.697. The molecule has 2 nitrogen and oxygen atoms in total. The SMILES string of the molecule is CCCOc1[c]cccc1-c1ccccc1OC.